The molecule has 0 radical (unpaired) electrons. The minimum absolute atomic E-state index is 0.519. The van der Waals surface area contributed by atoms with Crippen LogP contribution in [-0.2, 0) is 13.1 Å². The number of nitrogens with zero attached hydrogens (tertiary/aromatic N) is 4. The Morgan fingerprint density at radius 3 is 2.60 bits per heavy atom. The number of hydrogen-bond donors (Lipinski definition) is 2. The van der Waals surface area contributed by atoms with Crippen molar-refractivity contribution in [3.8, 4) is 17.3 Å². The van der Waals surface area contributed by atoms with Crippen molar-refractivity contribution in [1.29, 1.82) is 0 Å². The number of guanidine groups is 1. The molecule has 2 aromatic heterocycles. The molecule has 0 bridgehead atoms. The molecule has 2 heterocycles. The van der Waals surface area contributed by atoms with Crippen molar-refractivity contribution < 1.29 is 9.47 Å². The number of imidazole rings is 1. The van der Waals surface area contributed by atoms with Crippen LogP contribution in [0.15, 0.2) is 53.9 Å². The Hall–Kier alpha value is -3.55. The van der Waals surface area contributed by atoms with E-state index in [4.69, 9.17) is 9.47 Å². The van der Waals surface area contributed by atoms with Gasteiger partial charge < -0.3 is 20.1 Å². The molecule has 0 saturated heterocycles. The number of rotatable bonds is 8. The lowest BCUT2D eigenvalue weighted by Gasteiger charge is -2.14. The first-order valence-electron chi connectivity index (χ1n) is 9.83. The quantitative estimate of drug-likeness (QED) is 0.440. The third kappa shape index (κ3) is 5.28. The molecule has 0 fully saturated rings. The van der Waals surface area contributed by atoms with E-state index in [1.807, 2.05) is 61.1 Å². The van der Waals surface area contributed by atoms with Gasteiger partial charge in [0.05, 0.1) is 20.8 Å². The molecule has 8 heteroatoms. The van der Waals surface area contributed by atoms with Crippen LogP contribution in [0.25, 0.3) is 5.82 Å². The molecule has 3 aromatic rings. The average molecular weight is 409 g/mol. The molecule has 1 aromatic carbocycles. The van der Waals surface area contributed by atoms with E-state index in [9.17, 15) is 0 Å². The fraction of sp³-hybridized carbons (Fsp3) is 0.318. The Kier molecular flexibility index (Phi) is 7.26. The summed E-state index contributed by atoms with van der Waals surface area (Å²) >= 11 is 0. The molecule has 0 aliphatic heterocycles. The number of aromatic nitrogens is 3. The molecule has 0 amide bonds. The third-order valence-corrected chi connectivity index (χ3v) is 4.59. The van der Waals surface area contributed by atoms with Crippen LogP contribution in [0.3, 0.4) is 0 Å². The van der Waals surface area contributed by atoms with E-state index in [2.05, 4.69) is 25.6 Å². The second-order valence-corrected chi connectivity index (χ2v) is 6.60. The lowest BCUT2D eigenvalue weighted by Crippen LogP contribution is -2.36. The molecule has 0 atom stereocenters. The van der Waals surface area contributed by atoms with Crippen molar-refractivity contribution >= 4 is 5.96 Å². The summed E-state index contributed by atoms with van der Waals surface area (Å²) in [6.45, 7) is 5.85. The maximum atomic E-state index is 5.46. The van der Waals surface area contributed by atoms with Gasteiger partial charge in [-0.05, 0) is 37.6 Å². The minimum atomic E-state index is 0.519. The van der Waals surface area contributed by atoms with E-state index in [-0.39, 0.29) is 0 Å². The lowest BCUT2D eigenvalue weighted by atomic mass is 10.2. The van der Waals surface area contributed by atoms with Crippen LogP contribution in [0.5, 0.6) is 11.5 Å². The molecular formula is C22H28N6O2. The molecule has 3 rings (SSSR count). The monoisotopic (exact) mass is 408 g/mol. The number of ether oxygens (including phenoxy) is 2. The number of pyridine rings is 1. The van der Waals surface area contributed by atoms with E-state index in [1.54, 1.807) is 20.4 Å². The van der Waals surface area contributed by atoms with E-state index >= 15 is 0 Å². The standard InChI is InChI=1S/C22H28N6O2/c1-5-23-22(27-15-18-7-8-19(29-3)12-20(18)30-4)26-14-17-6-9-21(25-13-17)28-11-10-24-16(28)2/h6-13H,5,14-15H2,1-4H3,(H2,23,26,27). The summed E-state index contributed by atoms with van der Waals surface area (Å²) in [4.78, 5) is 13.4. The highest BCUT2D eigenvalue weighted by atomic mass is 16.5. The predicted octanol–water partition coefficient (Wildman–Crippen LogP) is 2.85. The van der Waals surface area contributed by atoms with Gasteiger partial charge in [-0.3, -0.25) is 4.57 Å². The normalized spacial score (nSPS) is 11.3. The van der Waals surface area contributed by atoms with Gasteiger partial charge in [0.2, 0.25) is 0 Å². The Morgan fingerprint density at radius 1 is 1.10 bits per heavy atom. The fourth-order valence-corrected chi connectivity index (χ4v) is 2.96. The summed E-state index contributed by atoms with van der Waals surface area (Å²) < 4.78 is 12.7. The summed E-state index contributed by atoms with van der Waals surface area (Å²) in [5, 5.41) is 6.61. The summed E-state index contributed by atoms with van der Waals surface area (Å²) in [7, 11) is 3.29. The van der Waals surface area contributed by atoms with Gasteiger partial charge in [-0.15, -0.1) is 0 Å². The van der Waals surface area contributed by atoms with Crippen molar-refractivity contribution in [2.75, 3.05) is 20.8 Å². The van der Waals surface area contributed by atoms with Gasteiger partial charge >= 0.3 is 0 Å². The molecule has 0 saturated carbocycles. The van der Waals surface area contributed by atoms with Crippen molar-refractivity contribution in [1.82, 2.24) is 25.2 Å². The van der Waals surface area contributed by atoms with Crippen LogP contribution in [0.2, 0.25) is 0 Å². The maximum absolute atomic E-state index is 5.46. The molecule has 0 unspecified atom stereocenters. The van der Waals surface area contributed by atoms with Gasteiger partial charge in [0.25, 0.3) is 0 Å². The van der Waals surface area contributed by atoms with Crippen molar-refractivity contribution in [3.05, 3.63) is 65.9 Å². The molecule has 0 aliphatic rings. The van der Waals surface area contributed by atoms with Crippen LogP contribution in [0.1, 0.15) is 23.9 Å². The van der Waals surface area contributed by atoms with E-state index in [0.29, 0.717) is 13.1 Å². The summed E-state index contributed by atoms with van der Waals surface area (Å²) in [5.74, 6) is 4.01. The smallest absolute Gasteiger partial charge is 0.191 e. The van der Waals surface area contributed by atoms with E-state index < -0.39 is 0 Å². The Labute approximate surface area is 177 Å². The van der Waals surface area contributed by atoms with Crippen LogP contribution >= 0.6 is 0 Å². The molecular weight excluding hydrogens is 380 g/mol. The van der Waals surface area contributed by atoms with Gasteiger partial charge in [0, 0.05) is 43.3 Å². The second kappa shape index (κ2) is 10.3. The second-order valence-electron chi connectivity index (χ2n) is 6.60. The number of nitrogens with one attached hydrogen (secondary N) is 2. The molecule has 158 valence electrons. The Morgan fingerprint density at radius 2 is 1.97 bits per heavy atom. The molecule has 30 heavy (non-hydrogen) atoms. The average Bonchev–Trinajstić information content (AvgIpc) is 3.21. The molecule has 0 aliphatic carbocycles. The third-order valence-electron chi connectivity index (χ3n) is 4.59. The van der Waals surface area contributed by atoms with Crippen LogP contribution in [0.4, 0.5) is 0 Å². The van der Waals surface area contributed by atoms with Gasteiger partial charge in [-0.2, -0.15) is 0 Å². The number of benzene rings is 1. The first-order valence-corrected chi connectivity index (χ1v) is 9.83. The number of methoxy groups -OCH3 is 2. The molecule has 2 N–H and O–H groups in total. The zero-order valence-corrected chi connectivity index (χ0v) is 17.8. The maximum Gasteiger partial charge on any atom is 0.191 e. The topological polar surface area (TPSA) is 85.6 Å². The van der Waals surface area contributed by atoms with Gasteiger partial charge in [-0.25, -0.2) is 15.0 Å². The molecule has 0 spiro atoms. The van der Waals surface area contributed by atoms with Crippen LogP contribution in [-0.4, -0.2) is 41.3 Å². The van der Waals surface area contributed by atoms with Crippen LogP contribution < -0.4 is 20.1 Å². The van der Waals surface area contributed by atoms with Crippen molar-refractivity contribution in [3.63, 3.8) is 0 Å². The van der Waals surface area contributed by atoms with Gasteiger partial charge in [0.1, 0.15) is 23.1 Å². The highest BCUT2D eigenvalue weighted by Crippen LogP contribution is 2.24. The molecule has 8 nitrogen and oxygen atoms in total. The van der Waals surface area contributed by atoms with E-state index in [0.717, 1.165) is 46.8 Å². The summed E-state index contributed by atoms with van der Waals surface area (Å²) in [5.41, 5.74) is 2.04. The van der Waals surface area contributed by atoms with Gasteiger partial charge in [-0.1, -0.05) is 6.07 Å². The Bertz CT molecular complexity index is 982. The predicted molar refractivity (Wildman–Crippen MR) is 117 cm³/mol. The zero-order chi connectivity index (χ0) is 21.3. The lowest BCUT2D eigenvalue weighted by molar-refractivity contribution is 0.390. The number of hydrogen-bond acceptors (Lipinski definition) is 5. The van der Waals surface area contributed by atoms with Gasteiger partial charge in [0.15, 0.2) is 5.96 Å². The first kappa shape index (κ1) is 21.2. The number of aliphatic imine (C=N–C) groups is 1. The largest absolute Gasteiger partial charge is 0.497 e. The van der Waals surface area contributed by atoms with E-state index in [1.165, 1.54) is 0 Å². The Balaban J connectivity index is 1.65. The highest BCUT2D eigenvalue weighted by Gasteiger charge is 2.07. The minimum Gasteiger partial charge on any atom is -0.497 e. The fourth-order valence-electron chi connectivity index (χ4n) is 2.96. The summed E-state index contributed by atoms with van der Waals surface area (Å²) in [6, 6.07) is 9.77. The highest BCUT2D eigenvalue weighted by molar-refractivity contribution is 5.79. The van der Waals surface area contributed by atoms with Crippen molar-refractivity contribution in [2.24, 2.45) is 4.99 Å². The summed E-state index contributed by atoms with van der Waals surface area (Å²) in [6.07, 6.45) is 5.51. The SMILES string of the molecule is CCNC(=NCc1ccc(-n2ccnc2C)nc1)NCc1ccc(OC)cc1OC. The number of aryl methyl sites for hydroxylation is 1. The zero-order valence-electron chi connectivity index (χ0n) is 17.8. The first-order chi connectivity index (χ1) is 14.6. The van der Waals surface area contributed by atoms with Crippen LogP contribution in [0, 0.1) is 6.92 Å². The van der Waals surface area contributed by atoms with Crippen molar-refractivity contribution in [2.45, 2.75) is 26.9 Å².